The Bertz CT molecular complexity index is 620. The zero-order chi connectivity index (χ0) is 14.1. The van der Waals surface area contributed by atoms with Crippen molar-refractivity contribution >= 4 is 35.1 Å². The van der Waals surface area contributed by atoms with Crippen molar-refractivity contribution in [2.75, 3.05) is 11.5 Å². The fraction of sp³-hybridized carbons (Fsp3) is 0.385. The molecule has 0 bridgehead atoms. The van der Waals surface area contributed by atoms with Crippen molar-refractivity contribution in [3.8, 4) is 17.2 Å². The molecule has 0 amide bonds. The quantitative estimate of drug-likeness (QED) is 0.899. The summed E-state index contributed by atoms with van der Waals surface area (Å²) >= 11 is 9.70. The van der Waals surface area contributed by atoms with Crippen LogP contribution >= 0.6 is 35.1 Å². The van der Waals surface area contributed by atoms with E-state index in [1.807, 2.05) is 23.5 Å². The maximum Gasteiger partial charge on any atom is 0.261 e. The Morgan fingerprint density at radius 1 is 1.35 bits per heavy atom. The molecular formula is C13H13ClN2O2S2. The number of nitrogens with zero attached hydrogens (tertiary/aromatic N) is 2. The summed E-state index contributed by atoms with van der Waals surface area (Å²) in [6.45, 7) is 2.17. The molecule has 1 saturated heterocycles. The Hall–Kier alpha value is -0.850. The number of thioether (sulfide) groups is 2. The molecular weight excluding hydrogens is 316 g/mol. The van der Waals surface area contributed by atoms with Crippen LogP contribution in [0.5, 0.6) is 5.75 Å². The van der Waals surface area contributed by atoms with Crippen LogP contribution in [0.15, 0.2) is 22.7 Å². The average molecular weight is 329 g/mol. The van der Waals surface area contributed by atoms with Gasteiger partial charge in [-0.3, -0.25) is 0 Å². The second kappa shape index (κ2) is 5.87. The Morgan fingerprint density at radius 3 is 2.95 bits per heavy atom. The van der Waals surface area contributed by atoms with E-state index in [9.17, 15) is 5.11 Å². The highest BCUT2D eigenvalue weighted by molar-refractivity contribution is 8.06. The first-order valence-corrected chi connectivity index (χ1v) is 8.68. The normalized spacial score (nSPS) is 22.9. The lowest BCUT2D eigenvalue weighted by molar-refractivity contribution is 0.417. The van der Waals surface area contributed by atoms with Crippen LogP contribution in [0.4, 0.5) is 0 Å². The number of aromatic hydroxyl groups is 1. The van der Waals surface area contributed by atoms with Crippen molar-refractivity contribution < 1.29 is 9.63 Å². The predicted molar refractivity (Wildman–Crippen MR) is 83.5 cm³/mol. The molecule has 2 unspecified atom stereocenters. The Morgan fingerprint density at radius 2 is 2.15 bits per heavy atom. The first-order valence-electron chi connectivity index (χ1n) is 6.21. The van der Waals surface area contributed by atoms with Crippen LogP contribution in [-0.2, 0) is 0 Å². The summed E-state index contributed by atoms with van der Waals surface area (Å²) in [5, 5.41) is 15.1. The number of hydrogen-bond acceptors (Lipinski definition) is 6. The van der Waals surface area contributed by atoms with Gasteiger partial charge in [0, 0.05) is 21.8 Å². The Labute approximate surface area is 130 Å². The lowest BCUT2D eigenvalue weighted by Gasteiger charge is -2.24. The van der Waals surface area contributed by atoms with Crippen LogP contribution in [0, 0.1) is 0 Å². The van der Waals surface area contributed by atoms with Crippen molar-refractivity contribution in [3.63, 3.8) is 0 Å². The molecule has 106 valence electrons. The highest BCUT2D eigenvalue weighted by Gasteiger charge is 2.29. The smallest absolute Gasteiger partial charge is 0.261 e. The van der Waals surface area contributed by atoms with Gasteiger partial charge < -0.3 is 9.63 Å². The molecule has 1 N–H and O–H groups in total. The van der Waals surface area contributed by atoms with Gasteiger partial charge in [0.15, 0.2) is 5.82 Å². The van der Waals surface area contributed by atoms with E-state index in [2.05, 4.69) is 17.1 Å². The maximum atomic E-state index is 9.86. The largest absolute Gasteiger partial charge is 0.507 e. The van der Waals surface area contributed by atoms with E-state index in [0.717, 1.165) is 11.5 Å². The van der Waals surface area contributed by atoms with Gasteiger partial charge in [0.2, 0.25) is 0 Å². The number of aromatic nitrogens is 2. The summed E-state index contributed by atoms with van der Waals surface area (Å²) in [6, 6.07) is 4.77. The molecule has 20 heavy (non-hydrogen) atoms. The summed E-state index contributed by atoms with van der Waals surface area (Å²) in [5.74, 6) is 3.32. The highest BCUT2D eigenvalue weighted by Crippen LogP contribution is 2.42. The standard InChI is InChI=1S/C13H13ClN2O2S2/c1-7-11(20-5-4-19-7)12-15-13(18-16-12)9-6-8(14)2-3-10(9)17/h2-3,6-7,11,17H,4-5H2,1H3. The van der Waals surface area contributed by atoms with Gasteiger partial charge in [0.1, 0.15) is 5.75 Å². The first-order chi connectivity index (χ1) is 9.65. The van der Waals surface area contributed by atoms with E-state index in [0.29, 0.717) is 27.6 Å². The number of hydrogen-bond donors (Lipinski definition) is 1. The Balaban J connectivity index is 1.91. The summed E-state index contributed by atoms with van der Waals surface area (Å²) in [6.07, 6.45) is 0. The van der Waals surface area contributed by atoms with E-state index in [-0.39, 0.29) is 11.0 Å². The lowest BCUT2D eigenvalue weighted by Crippen LogP contribution is -2.16. The number of halogens is 1. The van der Waals surface area contributed by atoms with Crippen LogP contribution in [0.25, 0.3) is 11.5 Å². The molecule has 1 aliphatic heterocycles. The average Bonchev–Trinajstić information content (AvgIpc) is 2.91. The lowest BCUT2D eigenvalue weighted by atomic mass is 10.2. The minimum absolute atomic E-state index is 0.0864. The van der Waals surface area contributed by atoms with Gasteiger partial charge in [-0.25, -0.2) is 0 Å². The minimum atomic E-state index is 0.0864. The third kappa shape index (κ3) is 2.77. The van der Waals surface area contributed by atoms with Gasteiger partial charge in [-0.1, -0.05) is 23.7 Å². The maximum absolute atomic E-state index is 9.86. The fourth-order valence-electron chi connectivity index (χ4n) is 2.06. The summed E-state index contributed by atoms with van der Waals surface area (Å²) < 4.78 is 5.29. The predicted octanol–water partition coefficient (Wildman–Crippen LogP) is 4.01. The highest BCUT2D eigenvalue weighted by atomic mass is 35.5. The summed E-state index contributed by atoms with van der Waals surface area (Å²) in [7, 11) is 0. The zero-order valence-electron chi connectivity index (χ0n) is 10.7. The molecule has 0 spiro atoms. The molecule has 0 radical (unpaired) electrons. The minimum Gasteiger partial charge on any atom is -0.507 e. The van der Waals surface area contributed by atoms with Crippen molar-refractivity contribution in [1.29, 1.82) is 0 Å². The number of rotatable bonds is 2. The molecule has 2 atom stereocenters. The SMILES string of the molecule is CC1SCCSC1c1noc(-c2cc(Cl)ccc2O)n1. The van der Waals surface area contributed by atoms with Crippen LogP contribution in [0.3, 0.4) is 0 Å². The number of benzene rings is 1. The topological polar surface area (TPSA) is 59.2 Å². The molecule has 2 heterocycles. The Kier molecular flexibility index (Phi) is 4.14. The van der Waals surface area contributed by atoms with E-state index in [1.54, 1.807) is 12.1 Å². The molecule has 1 aliphatic rings. The third-order valence-electron chi connectivity index (χ3n) is 3.07. The summed E-state index contributed by atoms with van der Waals surface area (Å²) in [5.41, 5.74) is 0.470. The monoisotopic (exact) mass is 328 g/mol. The fourth-order valence-corrected chi connectivity index (χ4v) is 4.91. The van der Waals surface area contributed by atoms with Crippen LogP contribution in [-0.4, -0.2) is 32.0 Å². The van der Waals surface area contributed by atoms with Gasteiger partial charge >= 0.3 is 0 Å². The molecule has 1 aromatic heterocycles. The van der Waals surface area contributed by atoms with E-state index in [1.165, 1.54) is 6.07 Å². The van der Waals surface area contributed by atoms with Gasteiger partial charge in [0.05, 0.1) is 10.8 Å². The van der Waals surface area contributed by atoms with Crippen LogP contribution in [0.1, 0.15) is 18.0 Å². The molecule has 1 aromatic carbocycles. The van der Waals surface area contributed by atoms with Gasteiger partial charge in [-0.05, 0) is 18.2 Å². The van der Waals surface area contributed by atoms with E-state index >= 15 is 0 Å². The molecule has 2 aromatic rings. The van der Waals surface area contributed by atoms with Gasteiger partial charge in [-0.2, -0.15) is 16.7 Å². The van der Waals surface area contributed by atoms with Gasteiger partial charge in [-0.15, -0.1) is 11.8 Å². The number of phenols is 1. The van der Waals surface area contributed by atoms with Crippen molar-refractivity contribution in [2.24, 2.45) is 0 Å². The van der Waals surface area contributed by atoms with Crippen LogP contribution < -0.4 is 0 Å². The third-order valence-corrected chi connectivity index (χ3v) is 6.39. The molecule has 7 heteroatoms. The van der Waals surface area contributed by atoms with Crippen LogP contribution in [0.2, 0.25) is 5.02 Å². The molecule has 0 saturated carbocycles. The second-order valence-electron chi connectivity index (χ2n) is 4.49. The number of phenolic OH excluding ortho intramolecular Hbond substituents is 1. The molecule has 0 aliphatic carbocycles. The van der Waals surface area contributed by atoms with Crippen molar-refractivity contribution in [3.05, 3.63) is 29.0 Å². The van der Waals surface area contributed by atoms with Crippen molar-refractivity contribution in [1.82, 2.24) is 10.1 Å². The molecule has 4 nitrogen and oxygen atoms in total. The molecule has 1 fully saturated rings. The first kappa shape index (κ1) is 14.1. The summed E-state index contributed by atoms with van der Waals surface area (Å²) in [4.78, 5) is 4.43. The molecule has 3 rings (SSSR count). The van der Waals surface area contributed by atoms with E-state index in [4.69, 9.17) is 16.1 Å². The zero-order valence-corrected chi connectivity index (χ0v) is 13.1. The van der Waals surface area contributed by atoms with Gasteiger partial charge in [0.25, 0.3) is 5.89 Å². The second-order valence-corrected chi connectivity index (χ2v) is 7.66. The van der Waals surface area contributed by atoms with E-state index < -0.39 is 0 Å². The van der Waals surface area contributed by atoms with Crippen molar-refractivity contribution in [2.45, 2.75) is 17.4 Å².